The van der Waals surface area contributed by atoms with Gasteiger partial charge < -0.3 is 0 Å². The zero-order chi connectivity index (χ0) is 6.43. The molecule has 2 aliphatic rings. The smallest absolute Gasteiger partial charge is 0.225 e. The third-order valence-corrected chi connectivity index (χ3v) is 2.64. The van der Waals surface area contributed by atoms with Crippen LogP contribution < -0.4 is 0 Å². The van der Waals surface area contributed by atoms with Crippen LogP contribution in [0.4, 0.5) is 0 Å². The van der Waals surface area contributed by atoms with Gasteiger partial charge in [-0.05, 0) is 42.7 Å². The van der Waals surface area contributed by atoms with E-state index in [0.29, 0.717) is 5.92 Å². The maximum absolute atomic E-state index is 10.5. The molecule has 2 heteroatoms. The number of hydrogen-bond acceptors (Lipinski definition) is 1. The standard InChI is InChI=1S/C7H9ClO/c8-7(9)6-3-5(6)4-1-2-4/h4-6H,1-3H2. The highest BCUT2D eigenvalue weighted by molar-refractivity contribution is 6.64. The van der Waals surface area contributed by atoms with Gasteiger partial charge in [-0.25, -0.2) is 0 Å². The summed E-state index contributed by atoms with van der Waals surface area (Å²) in [5, 5.41) is -0.105. The summed E-state index contributed by atoms with van der Waals surface area (Å²) < 4.78 is 0. The first kappa shape index (κ1) is 5.72. The summed E-state index contributed by atoms with van der Waals surface area (Å²) >= 11 is 5.30. The molecule has 2 saturated carbocycles. The molecular weight excluding hydrogens is 136 g/mol. The van der Waals surface area contributed by atoms with E-state index < -0.39 is 0 Å². The SMILES string of the molecule is O=C(Cl)C1CC1C1CC1. The van der Waals surface area contributed by atoms with E-state index >= 15 is 0 Å². The predicted octanol–water partition coefficient (Wildman–Crippen LogP) is 1.80. The molecule has 0 bridgehead atoms. The van der Waals surface area contributed by atoms with Crippen LogP contribution in [0.1, 0.15) is 19.3 Å². The van der Waals surface area contributed by atoms with Crippen LogP contribution >= 0.6 is 11.6 Å². The first-order valence-corrected chi connectivity index (χ1v) is 3.86. The average Bonchev–Trinajstić information content (AvgIpc) is 2.60. The number of hydrogen-bond donors (Lipinski definition) is 0. The van der Waals surface area contributed by atoms with Crippen LogP contribution in [0.3, 0.4) is 0 Å². The van der Waals surface area contributed by atoms with Crippen molar-refractivity contribution in [3.63, 3.8) is 0 Å². The summed E-state index contributed by atoms with van der Waals surface area (Å²) in [6.45, 7) is 0. The third kappa shape index (κ3) is 0.983. The van der Waals surface area contributed by atoms with E-state index in [4.69, 9.17) is 11.6 Å². The van der Waals surface area contributed by atoms with Crippen molar-refractivity contribution in [1.29, 1.82) is 0 Å². The van der Waals surface area contributed by atoms with Gasteiger partial charge in [-0.2, -0.15) is 0 Å². The Balaban J connectivity index is 1.87. The van der Waals surface area contributed by atoms with Crippen molar-refractivity contribution in [2.24, 2.45) is 17.8 Å². The van der Waals surface area contributed by atoms with E-state index in [2.05, 4.69) is 0 Å². The Morgan fingerprint density at radius 3 is 2.44 bits per heavy atom. The highest BCUT2D eigenvalue weighted by Gasteiger charge is 2.50. The lowest BCUT2D eigenvalue weighted by atomic mass is 10.2. The monoisotopic (exact) mass is 144 g/mol. The molecule has 2 aliphatic carbocycles. The molecule has 0 aliphatic heterocycles. The quantitative estimate of drug-likeness (QED) is 0.541. The molecule has 2 fully saturated rings. The van der Waals surface area contributed by atoms with Crippen LogP contribution in [0.2, 0.25) is 0 Å². The number of halogens is 1. The second kappa shape index (κ2) is 1.72. The van der Waals surface area contributed by atoms with E-state index in [1.807, 2.05) is 0 Å². The summed E-state index contributed by atoms with van der Waals surface area (Å²) in [4.78, 5) is 10.5. The summed E-state index contributed by atoms with van der Waals surface area (Å²) in [5.41, 5.74) is 0. The first-order valence-electron chi connectivity index (χ1n) is 3.48. The fourth-order valence-corrected chi connectivity index (χ4v) is 1.77. The molecule has 2 unspecified atom stereocenters. The minimum absolute atomic E-state index is 0.105. The third-order valence-electron chi connectivity index (χ3n) is 2.36. The van der Waals surface area contributed by atoms with Gasteiger partial charge in [0.15, 0.2) is 0 Å². The van der Waals surface area contributed by atoms with E-state index in [1.54, 1.807) is 0 Å². The molecular formula is C7H9ClO. The Kier molecular flexibility index (Phi) is 1.10. The van der Waals surface area contributed by atoms with Gasteiger partial charge in [0.1, 0.15) is 0 Å². The van der Waals surface area contributed by atoms with Crippen molar-refractivity contribution in [3.8, 4) is 0 Å². The van der Waals surface area contributed by atoms with E-state index in [1.165, 1.54) is 12.8 Å². The fourth-order valence-electron chi connectivity index (χ4n) is 1.52. The lowest BCUT2D eigenvalue weighted by Gasteiger charge is -1.86. The lowest BCUT2D eigenvalue weighted by molar-refractivity contribution is -0.113. The van der Waals surface area contributed by atoms with Crippen LogP contribution in [-0.2, 0) is 4.79 Å². The van der Waals surface area contributed by atoms with Crippen LogP contribution in [0.25, 0.3) is 0 Å². The van der Waals surface area contributed by atoms with Crippen molar-refractivity contribution in [2.45, 2.75) is 19.3 Å². The summed E-state index contributed by atoms with van der Waals surface area (Å²) in [7, 11) is 0. The number of rotatable bonds is 2. The van der Waals surface area contributed by atoms with Gasteiger partial charge in [0.05, 0.1) is 0 Å². The highest BCUT2D eigenvalue weighted by Crippen LogP contribution is 2.54. The van der Waals surface area contributed by atoms with Gasteiger partial charge in [0.2, 0.25) is 5.24 Å². The zero-order valence-corrected chi connectivity index (χ0v) is 5.90. The van der Waals surface area contributed by atoms with Gasteiger partial charge in [0.25, 0.3) is 0 Å². The molecule has 0 spiro atoms. The average molecular weight is 145 g/mol. The fraction of sp³-hybridized carbons (Fsp3) is 0.857. The van der Waals surface area contributed by atoms with Gasteiger partial charge in [-0.3, -0.25) is 4.79 Å². The van der Waals surface area contributed by atoms with Crippen molar-refractivity contribution < 1.29 is 4.79 Å². The normalized spacial score (nSPS) is 40.6. The number of carbonyl (C=O) groups excluding carboxylic acids is 1. The summed E-state index contributed by atoms with van der Waals surface area (Å²) in [6.07, 6.45) is 3.75. The molecule has 50 valence electrons. The molecule has 0 heterocycles. The van der Waals surface area contributed by atoms with Crippen LogP contribution in [0.5, 0.6) is 0 Å². The van der Waals surface area contributed by atoms with Gasteiger partial charge in [-0.15, -0.1) is 0 Å². The Bertz CT molecular complexity index is 151. The molecule has 0 aromatic rings. The topological polar surface area (TPSA) is 17.1 Å². The van der Waals surface area contributed by atoms with E-state index in [9.17, 15) is 4.79 Å². The second-order valence-electron chi connectivity index (χ2n) is 3.15. The zero-order valence-electron chi connectivity index (χ0n) is 5.14. The summed E-state index contributed by atoms with van der Waals surface area (Å²) in [6, 6.07) is 0. The van der Waals surface area contributed by atoms with Crippen LogP contribution in [0.15, 0.2) is 0 Å². The van der Waals surface area contributed by atoms with Gasteiger partial charge in [-0.1, -0.05) is 0 Å². The largest absolute Gasteiger partial charge is 0.281 e. The molecule has 9 heavy (non-hydrogen) atoms. The molecule has 0 N–H and O–H groups in total. The van der Waals surface area contributed by atoms with Crippen molar-refractivity contribution >= 4 is 16.8 Å². The Labute approximate surface area is 59.4 Å². The molecule has 2 rings (SSSR count). The maximum Gasteiger partial charge on any atom is 0.225 e. The van der Waals surface area contributed by atoms with Gasteiger partial charge in [0, 0.05) is 5.92 Å². The minimum Gasteiger partial charge on any atom is -0.281 e. The van der Waals surface area contributed by atoms with E-state index in [0.717, 1.165) is 12.3 Å². The van der Waals surface area contributed by atoms with Gasteiger partial charge >= 0.3 is 0 Å². The summed E-state index contributed by atoms with van der Waals surface area (Å²) in [5.74, 6) is 1.81. The van der Waals surface area contributed by atoms with Crippen molar-refractivity contribution in [2.75, 3.05) is 0 Å². The highest BCUT2D eigenvalue weighted by atomic mass is 35.5. The molecule has 2 atom stereocenters. The van der Waals surface area contributed by atoms with Crippen LogP contribution in [-0.4, -0.2) is 5.24 Å². The lowest BCUT2D eigenvalue weighted by Crippen LogP contribution is -1.92. The van der Waals surface area contributed by atoms with E-state index in [-0.39, 0.29) is 11.2 Å². The predicted molar refractivity (Wildman–Crippen MR) is 35.2 cm³/mol. The first-order chi connectivity index (χ1) is 4.29. The molecule has 0 aromatic heterocycles. The van der Waals surface area contributed by atoms with Crippen LogP contribution in [0, 0.1) is 17.8 Å². The Morgan fingerprint density at radius 2 is 2.11 bits per heavy atom. The van der Waals surface area contributed by atoms with Crippen molar-refractivity contribution in [3.05, 3.63) is 0 Å². The molecule has 0 amide bonds. The Morgan fingerprint density at radius 1 is 1.44 bits per heavy atom. The van der Waals surface area contributed by atoms with Crippen molar-refractivity contribution in [1.82, 2.24) is 0 Å². The molecule has 0 saturated heterocycles. The maximum atomic E-state index is 10.5. The number of carbonyl (C=O) groups is 1. The Hall–Kier alpha value is -0.0400. The molecule has 1 nitrogen and oxygen atoms in total. The minimum atomic E-state index is -0.105. The second-order valence-corrected chi connectivity index (χ2v) is 3.52. The molecule has 0 aromatic carbocycles. The molecule has 0 radical (unpaired) electrons.